The number of hydrogen-bond donors (Lipinski definition) is 1. The molecule has 0 aliphatic heterocycles. The second kappa shape index (κ2) is 9.62. The Morgan fingerprint density at radius 3 is 2.45 bits per heavy atom. The van der Waals surface area contributed by atoms with E-state index in [1.54, 1.807) is 24.8 Å². The number of nitrogens with zero attached hydrogens (tertiary/aromatic N) is 1. The minimum Gasteiger partial charge on any atom is -0.466 e. The number of carbonyl (C=O) groups is 2. The van der Waals surface area contributed by atoms with Crippen molar-refractivity contribution in [3.63, 3.8) is 0 Å². The summed E-state index contributed by atoms with van der Waals surface area (Å²) in [4.78, 5) is 26.5. The third-order valence-electron chi connectivity index (χ3n) is 4.40. The van der Waals surface area contributed by atoms with Crippen molar-refractivity contribution in [2.24, 2.45) is 0 Å². The molecule has 1 N–H and O–H groups in total. The fourth-order valence-corrected chi connectivity index (χ4v) is 2.98. The van der Waals surface area contributed by atoms with Gasteiger partial charge in [-0.25, -0.2) is 0 Å². The summed E-state index contributed by atoms with van der Waals surface area (Å²) in [5.41, 5.74) is 0.0780. The van der Waals surface area contributed by atoms with Crippen LogP contribution in [0.4, 0.5) is 13.2 Å². The first-order chi connectivity index (χ1) is 13.6. The lowest BCUT2D eigenvalue weighted by atomic mass is 10.1. The van der Waals surface area contributed by atoms with Gasteiger partial charge in [-0.3, -0.25) is 9.59 Å². The number of furan rings is 1. The molecule has 1 aromatic carbocycles. The van der Waals surface area contributed by atoms with E-state index in [9.17, 15) is 22.8 Å². The SMILES string of the molecule is CCCN(CCC(=O)NCc1cccc(C(F)(F)F)c1)C(=O)c1cc(C)oc1C. The average Bonchev–Trinajstić information content (AvgIpc) is 3.00. The van der Waals surface area contributed by atoms with Crippen LogP contribution in [0.5, 0.6) is 0 Å². The number of carbonyl (C=O) groups excluding carboxylic acids is 2. The van der Waals surface area contributed by atoms with Crippen LogP contribution in [-0.4, -0.2) is 29.8 Å². The maximum absolute atomic E-state index is 12.8. The van der Waals surface area contributed by atoms with Gasteiger partial charge in [-0.2, -0.15) is 13.2 Å². The van der Waals surface area contributed by atoms with Crippen LogP contribution in [0.2, 0.25) is 0 Å². The van der Waals surface area contributed by atoms with Gasteiger partial charge in [-0.15, -0.1) is 0 Å². The molecule has 5 nitrogen and oxygen atoms in total. The van der Waals surface area contributed by atoms with E-state index in [1.807, 2.05) is 6.92 Å². The molecule has 0 atom stereocenters. The molecular formula is C21H25F3N2O3. The topological polar surface area (TPSA) is 62.6 Å². The van der Waals surface area contributed by atoms with Gasteiger partial charge in [0.05, 0.1) is 11.1 Å². The summed E-state index contributed by atoms with van der Waals surface area (Å²) < 4.78 is 43.7. The van der Waals surface area contributed by atoms with Crippen LogP contribution >= 0.6 is 0 Å². The molecule has 1 heterocycles. The number of rotatable bonds is 8. The summed E-state index contributed by atoms with van der Waals surface area (Å²) in [5, 5.41) is 2.61. The van der Waals surface area contributed by atoms with Crippen LogP contribution in [0, 0.1) is 13.8 Å². The molecule has 0 aliphatic carbocycles. The molecule has 158 valence electrons. The molecule has 0 spiro atoms. The number of aryl methyl sites for hydroxylation is 2. The number of halogens is 3. The monoisotopic (exact) mass is 410 g/mol. The Morgan fingerprint density at radius 1 is 1.14 bits per heavy atom. The molecule has 0 saturated heterocycles. The number of hydrogen-bond acceptors (Lipinski definition) is 3. The number of benzene rings is 1. The largest absolute Gasteiger partial charge is 0.466 e. The third-order valence-corrected chi connectivity index (χ3v) is 4.40. The van der Waals surface area contributed by atoms with Crippen molar-refractivity contribution >= 4 is 11.8 Å². The molecule has 0 radical (unpaired) electrons. The van der Waals surface area contributed by atoms with Gasteiger partial charge in [0.1, 0.15) is 11.5 Å². The molecule has 29 heavy (non-hydrogen) atoms. The average molecular weight is 410 g/mol. The van der Waals surface area contributed by atoms with Crippen LogP contribution in [0.3, 0.4) is 0 Å². The fraction of sp³-hybridized carbons (Fsp3) is 0.429. The maximum atomic E-state index is 12.8. The molecule has 8 heteroatoms. The molecule has 2 amide bonds. The predicted molar refractivity (Wildman–Crippen MR) is 102 cm³/mol. The molecule has 1 aromatic heterocycles. The predicted octanol–water partition coefficient (Wildman–Crippen LogP) is 4.47. The highest BCUT2D eigenvalue weighted by Crippen LogP contribution is 2.29. The van der Waals surface area contributed by atoms with Crippen molar-refractivity contribution < 1.29 is 27.2 Å². The zero-order chi connectivity index (χ0) is 21.6. The smallest absolute Gasteiger partial charge is 0.416 e. The van der Waals surface area contributed by atoms with E-state index < -0.39 is 11.7 Å². The van der Waals surface area contributed by atoms with Crippen molar-refractivity contribution in [2.75, 3.05) is 13.1 Å². The Hall–Kier alpha value is -2.77. The van der Waals surface area contributed by atoms with E-state index in [-0.39, 0.29) is 31.3 Å². The summed E-state index contributed by atoms with van der Waals surface area (Å²) >= 11 is 0. The van der Waals surface area contributed by atoms with Gasteiger partial charge in [0, 0.05) is 26.1 Å². The van der Waals surface area contributed by atoms with Crippen molar-refractivity contribution in [3.8, 4) is 0 Å². The van der Waals surface area contributed by atoms with Crippen LogP contribution in [0.1, 0.15) is 52.8 Å². The van der Waals surface area contributed by atoms with Crippen LogP contribution in [0.15, 0.2) is 34.7 Å². The lowest BCUT2D eigenvalue weighted by molar-refractivity contribution is -0.137. The lowest BCUT2D eigenvalue weighted by Gasteiger charge is -2.21. The fourth-order valence-electron chi connectivity index (χ4n) is 2.98. The van der Waals surface area contributed by atoms with Crippen molar-refractivity contribution in [1.82, 2.24) is 10.2 Å². The first kappa shape index (κ1) is 22.5. The number of nitrogens with one attached hydrogen (secondary N) is 1. The van der Waals surface area contributed by atoms with E-state index in [2.05, 4.69) is 5.32 Å². The molecule has 0 fully saturated rings. The Morgan fingerprint density at radius 2 is 1.86 bits per heavy atom. The van der Waals surface area contributed by atoms with Gasteiger partial charge < -0.3 is 14.6 Å². The van der Waals surface area contributed by atoms with Crippen LogP contribution in [-0.2, 0) is 17.5 Å². The Kier molecular flexibility index (Phi) is 7.47. The highest BCUT2D eigenvalue weighted by atomic mass is 19.4. The highest BCUT2D eigenvalue weighted by molar-refractivity contribution is 5.95. The van der Waals surface area contributed by atoms with Crippen molar-refractivity contribution in [2.45, 2.75) is 46.3 Å². The van der Waals surface area contributed by atoms with Crippen LogP contribution < -0.4 is 5.32 Å². The molecule has 0 saturated carbocycles. The van der Waals surface area contributed by atoms with E-state index in [4.69, 9.17) is 4.42 Å². The minimum absolute atomic E-state index is 0.00941. The summed E-state index contributed by atoms with van der Waals surface area (Å²) in [7, 11) is 0. The normalized spacial score (nSPS) is 11.4. The molecule has 0 bridgehead atoms. The molecule has 2 rings (SSSR count). The van der Waals surface area contributed by atoms with Gasteiger partial charge >= 0.3 is 6.18 Å². The van der Waals surface area contributed by atoms with E-state index in [0.29, 0.717) is 29.2 Å². The van der Waals surface area contributed by atoms with E-state index in [1.165, 1.54) is 12.1 Å². The zero-order valence-electron chi connectivity index (χ0n) is 16.7. The van der Waals surface area contributed by atoms with Gasteiger partial charge in [0.25, 0.3) is 5.91 Å². The highest BCUT2D eigenvalue weighted by Gasteiger charge is 2.30. The maximum Gasteiger partial charge on any atom is 0.416 e. The van der Waals surface area contributed by atoms with Gasteiger partial charge in [-0.1, -0.05) is 19.1 Å². The molecule has 2 aromatic rings. The quantitative estimate of drug-likeness (QED) is 0.698. The number of alkyl halides is 3. The first-order valence-corrected chi connectivity index (χ1v) is 9.41. The first-order valence-electron chi connectivity index (χ1n) is 9.41. The van der Waals surface area contributed by atoms with Crippen molar-refractivity contribution in [1.29, 1.82) is 0 Å². The zero-order valence-corrected chi connectivity index (χ0v) is 16.7. The third kappa shape index (κ3) is 6.37. The summed E-state index contributed by atoms with van der Waals surface area (Å²) in [6.07, 6.45) is -3.64. The van der Waals surface area contributed by atoms with Gasteiger partial charge in [0.2, 0.25) is 5.91 Å². The van der Waals surface area contributed by atoms with Crippen LogP contribution in [0.25, 0.3) is 0 Å². The van der Waals surface area contributed by atoms with Gasteiger partial charge in [-0.05, 0) is 44.0 Å². The number of amides is 2. The summed E-state index contributed by atoms with van der Waals surface area (Å²) in [5.74, 6) is 0.631. The Bertz CT molecular complexity index is 859. The standard InChI is InChI=1S/C21H25F3N2O3/c1-4-9-26(20(28)18-11-14(2)29-15(18)3)10-8-19(27)25-13-16-6-5-7-17(12-16)21(22,23)24/h5-7,11-12H,4,8-10,13H2,1-3H3,(H,25,27). The molecule has 0 aliphatic rings. The molecular weight excluding hydrogens is 385 g/mol. The van der Waals surface area contributed by atoms with E-state index in [0.717, 1.165) is 18.6 Å². The van der Waals surface area contributed by atoms with E-state index >= 15 is 0 Å². The van der Waals surface area contributed by atoms with Crippen molar-refractivity contribution in [3.05, 3.63) is 58.5 Å². The molecule has 0 unspecified atom stereocenters. The minimum atomic E-state index is -4.43. The Balaban J connectivity index is 1.92. The summed E-state index contributed by atoms with van der Waals surface area (Å²) in [6.45, 7) is 6.10. The summed E-state index contributed by atoms with van der Waals surface area (Å²) in [6, 6.07) is 6.50. The second-order valence-corrected chi connectivity index (χ2v) is 6.84. The second-order valence-electron chi connectivity index (χ2n) is 6.84. The Labute approximate surface area is 167 Å². The lowest BCUT2D eigenvalue weighted by Crippen LogP contribution is -2.35. The van der Waals surface area contributed by atoms with Gasteiger partial charge in [0.15, 0.2) is 0 Å².